The molecule has 0 saturated heterocycles. The smallest absolute Gasteiger partial charge is 0.285 e. The summed E-state index contributed by atoms with van der Waals surface area (Å²) in [6, 6.07) is 13.7. The van der Waals surface area contributed by atoms with Crippen LogP contribution in [-0.2, 0) is 16.6 Å². The van der Waals surface area contributed by atoms with Crippen LogP contribution in [0.15, 0.2) is 57.9 Å². The van der Waals surface area contributed by atoms with Crippen molar-refractivity contribution in [1.82, 2.24) is 8.87 Å². The van der Waals surface area contributed by atoms with Crippen molar-refractivity contribution in [3.8, 4) is 0 Å². The molecular formula is C19H16Br2N2O3S. The number of rotatable bonds is 3. The van der Waals surface area contributed by atoms with Crippen LogP contribution in [0, 0.1) is 6.92 Å². The van der Waals surface area contributed by atoms with Gasteiger partial charge in [0.2, 0.25) is 0 Å². The van der Waals surface area contributed by atoms with Crippen molar-refractivity contribution < 1.29 is 13.2 Å². The quantitative estimate of drug-likeness (QED) is 0.492. The van der Waals surface area contributed by atoms with Crippen LogP contribution >= 0.6 is 31.9 Å². The molecule has 8 heteroatoms. The van der Waals surface area contributed by atoms with E-state index < -0.39 is 22.0 Å². The van der Waals surface area contributed by atoms with Crippen molar-refractivity contribution in [3.05, 3.63) is 64.3 Å². The molecule has 1 aliphatic heterocycles. The molecule has 27 heavy (non-hydrogen) atoms. The number of benzene rings is 2. The van der Waals surface area contributed by atoms with Gasteiger partial charge in [-0.05, 0) is 41.1 Å². The summed E-state index contributed by atoms with van der Waals surface area (Å²) in [7, 11) is -3.97. The molecule has 1 unspecified atom stereocenters. The SMILES string of the molecule is Cc1ccc(S(=O)(=O)N2C(=O)c3c(Br)c4ccccc4n3CC2CBr)cc1. The van der Waals surface area contributed by atoms with Crippen LogP contribution in [0.2, 0.25) is 0 Å². The fourth-order valence-electron chi connectivity index (χ4n) is 3.46. The first kappa shape index (κ1) is 18.7. The first-order chi connectivity index (χ1) is 12.9. The minimum absolute atomic E-state index is 0.119. The summed E-state index contributed by atoms with van der Waals surface area (Å²) < 4.78 is 30.1. The molecule has 3 aromatic rings. The number of hydrogen-bond donors (Lipinski definition) is 0. The lowest BCUT2D eigenvalue weighted by molar-refractivity contribution is 0.0778. The van der Waals surface area contributed by atoms with Crippen molar-refractivity contribution in [1.29, 1.82) is 0 Å². The molecular weight excluding hydrogens is 496 g/mol. The molecule has 1 amide bonds. The van der Waals surface area contributed by atoms with E-state index in [1.807, 2.05) is 35.8 Å². The Hall–Kier alpha value is -1.64. The molecule has 4 rings (SSSR count). The van der Waals surface area contributed by atoms with Gasteiger partial charge in [-0.15, -0.1) is 0 Å². The van der Waals surface area contributed by atoms with Gasteiger partial charge in [-0.1, -0.05) is 51.8 Å². The van der Waals surface area contributed by atoms with Gasteiger partial charge in [0.1, 0.15) is 5.69 Å². The first-order valence-electron chi connectivity index (χ1n) is 8.34. The zero-order valence-electron chi connectivity index (χ0n) is 14.4. The monoisotopic (exact) mass is 510 g/mol. The number of carbonyl (C=O) groups is 1. The molecule has 0 fully saturated rings. The molecule has 140 valence electrons. The van der Waals surface area contributed by atoms with Crippen molar-refractivity contribution in [2.24, 2.45) is 0 Å². The number of amides is 1. The van der Waals surface area contributed by atoms with Crippen LogP contribution in [0.5, 0.6) is 0 Å². The summed E-state index contributed by atoms with van der Waals surface area (Å²) in [5.74, 6) is -0.519. The van der Waals surface area contributed by atoms with Gasteiger partial charge in [-0.25, -0.2) is 12.7 Å². The predicted molar refractivity (Wildman–Crippen MR) is 112 cm³/mol. The van der Waals surface area contributed by atoms with Crippen LogP contribution < -0.4 is 0 Å². The van der Waals surface area contributed by atoms with Crippen LogP contribution in [0.25, 0.3) is 10.9 Å². The average Bonchev–Trinajstić information content (AvgIpc) is 2.94. The topological polar surface area (TPSA) is 59.4 Å². The molecule has 2 aromatic carbocycles. The molecule has 1 atom stereocenters. The number of nitrogens with zero attached hydrogens (tertiary/aromatic N) is 2. The normalized spacial score (nSPS) is 17.4. The molecule has 0 bridgehead atoms. The molecule has 1 aliphatic rings. The largest absolute Gasteiger partial charge is 0.333 e. The molecule has 0 saturated carbocycles. The number of hydrogen-bond acceptors (Lipinski definition) is 3. The molecule has 5 nitrogen and oxygen atoms in total. The van der Waals surface area contributed by atoms with E-state index >= 15 is 0 Å². The Labute approximate surface area is 174 Å². The van der Waals surface area contributed by atoms with E-state index in [9.17, 15) is 13.2 Å². The van der Waals surface area contributed by atoms with Gasteiger partial charge in [0, 0.05) is 22.8 Å². The maximum absolute atomic E-state index is 13.3. The fourth-order valence-corrected chi connectivity index (χ4v) is 6.41. The summed E-state index contributed by atoms with van der Waals surface area (Å²) in [4.78, 5) is 13.5. The van der Waals surface area contributed by atoms with E-state index in [1.54, 1.807) is 24.3 Å². The van der Waals surface area contributed by atoms with E-state index in [2.05, 4.69) is 31.9 Å². The zero-order valence-corrected chi connectivity index (χ0v) is 18.4. The summed E-state index contributed by atoms with van der Waals surface area (Å²) in [5, 5.41) is 1.25. The highest BCUT2D eigenvalue weighted by Crippen LogP contribution is 2.37. The maximum atomic E-state index is 13.3. The third-order valence-corrected chi connectivity index (χ3v) is 8.19. The van der Waals surface area contributed by atoms with Crippen molar-refractivity contribution >= 4 is 58.7 Å². The standard InChI is InChI=1S/C19H16Br2N2O3S/c1-12-6-8-14(9-7-12)27(25,26)23-13(10-20)11-22-16-5-3-2-4-15(16)17(21)18(22)19(23)24/h2-9,13H,10-11H2,1H3. The first-order valence-corrected chi connectivity index (χ1v) is 11.7. The van der Waals surface area contributed by atoms with Crippen LogP contribution in [-0.4, -0.2) is 34.6 Å². The predicted octanol–water partition coefficient (Wildman–Crippen LogP) is 4.32. The van der Waals surface area contributed by atoms with E-state index in [4.69, 9.17) is 0 Å². The number of aromatic nitrogens is 1. The van der Waals surface area contributed by atoms with E-state index in [-0.39, 0.29) is 4.90 Å². The number of halogens is 2. The van der Waals surface area contributed by atoms with Crippen LogP contribution in [0.4, 0.5) is 0 Å². The highest BCUT2D eigenvalue weighted by Gasteiger charge is 2.42. The maximum Gasteiger partial charge on any atom is 0.285 e. The molecule has 0 aliphatic carbocycles. The molecule has 0 radical (unpaired) electrons. The number of carbonyl (C=O) groups excluding carboxylic acids is 1. The van der Waals surface area contributed by atoms with Crippen LogP contribution in [0.1, 0.15) is 16.1 Å². The summed E-state index contributed by atoms with van der Waals surface area (Å²) in [6.07, 6.45) is 0. The summed E-state index contributed by atoms with van der Waals surface area (Å²) >= 11 is 6.90. The molecule has 1 aromatic heterocycles. The lowest BCUT2D eigenvalue weighted by atomic mass is 10.2. The molecule has 2 heterocycles. The minimum Gasteiger partial charge on any atom is -0.333 e. The highest BCUT2D eigenvalue weighted by molar-refractivity contribution is 9.10. The van der Waals surface area contributed by atoms with E-state index in [1.165, 1.54) is 0 Å². The average molecular weight is 512 g/mol. The van der Waals surface area contributed by atoms with Gasteiger partial charge in [0.05, 0.1) is 15.4 Å². The van der Waals surface area contributed by atoms with Crippen molar-refractivity contribution in [3.63, 3.8) is 0 Å². The minimum atomic E-state index is -3.97. The number of fused-ring (bicyclic) bond motifs is 3. The second-order valence-electron chi connectivity index (χ2n) is 6.52. The Kier molecular flexibility index (Phi) is 4.68. The Balaban J connectivity index is 1.90. The third kappa shape index (κ3) is 2.85. The lowest BCUT2D eigenvalue weighted by Crippen LogP contribution is -2.51. The second kappa shape index (κ2) is 6.76. The van der Waals surface area contributed by atoms with Gasteiger partial charge in [0.15, 0.2) is 0 Å². The van der Waals surface area contributed by atoms with Gasteiger partial charge in [-0.3, -0.25) is 4.79 Å². The van der Waals surface area contributed by atoms with Gasteiger partial charge < -0.3 is 4.57 Å². The summed E-state index contributed by atoms with van der Waals surface area (Å²) in [6.45, 7) is 2.28. The van der Waals surface area contributed by atoms with E-state index in [0.29, 0.717) is 22.0 Å². The number of para-hydroxylation sites is 1. The Morgan fingerprint density at radius 1 is 1.11 bits per heavy atom. The molecule has 0 N–H and O–H groups in total. The Morgan fingerprint density at radius 2 is 1.78 bits per heavy atom. The van der Waals surface area contributed by atoms with Gasteiger partial charge >= 0.3 is 0 Å². The number of alkyl halides is 1. The Morgan fingerprint density at radius 3 is 2.44 bits per heavy atom. The Bertz CT molecular complexity index is 1150. The fraction of sp³-hybridized carbons (Fsp3) is 0.211. The van der Waals surface area contributed by atoms with Crippen molar-refractivity contribution in [2.75, 3.05) is 5.33 Å². The zero-order chi connectivity index (χ0) is 19.3. The number of sulfonamides is 1. The van der Waals surface area contributed by atoms with Crippen molar-refractivity contribution in [2.45, 2.75) is 24.4 Å². The van der Waals surface area contributed by atoms with Gasteiger partial charge in [-0.2, -0.15) is 0 Å². The molecule has 0 spiro atoms. The highest BCUT2D eigenvalue weighted by atomic mass is 79.9. The lowest BCUT2D eigenvalue weighted by Gasteiger charge is -2.35. The third-order valence-electron chi connectivity index (χ3n) is 4.79. The number of aryl methyl sites for hydroxylation is 1. The van der Waals surface area contributed by atoms with E-state index in [0.717, 1.165) is 20.8 Å². The summed E-state index contributed by atoms with van der Waals surface area (Å²) in [5.41, 5.74) is 2.23. The van der Waals surface area contributed by atoms with Gasteiger partial charge in [0.25, 0.3) is 15.9 Å². The van der Waals surface area contributed by atoms with Crippen LogP contribution in [0.3, 0.4) is 0 Å². The second-order valence-corrected chi connectivity index (χ2v) is 9.77.